The summed E-state index contributed by atoms with van der Waals surface area (Å²) in [5.74, 6) is 0.107. The van der Waals surface area contributed by atoms with Crippen LogP contribution in [0.25, 0.3) is 0 Å². The van der Waals surface area contributed by atoms with E-state index < -0.39 is 4.84 Å². The van der Waals surface area contributed by atoms with Gasteiger partial charge in [0, 0.05) is 10.6 Å². The van der Waals surface area contributed by atoms with Crippen molar-refractivity contribution >= 4 is 34.8 Å². The molecule has 1 rings (SSSR count). The molecule has 0 saturated carbocycles. The van der Waals surface area contributed by atoms with Gasteiger partial charge in [-0.25, -0.2) is 0 Å². The number of hydrogen-bond donors (Lipinski definition) is 1. The number of rotatable bonds is 1. The lowest BCUT2D eigenvalue weighted by atomic mass is 10.2. The van der Waals surface area contributed by atoms with E-state index in [1.54, 1.807) is 6.07 Å². The molecule has 0 aliphatic heterocycles. The molecule has 0 amide bonds. The van der Waals surface area contributed by atoms with Crippen LogP contribution >= 0.6 is 34.8 Å². The van der Waals surface area contributed by atoms with Gasteiger partial charge in [-0.3, -0.25) is 0 Å². The number of phenolic OH excluding ortho intramolecular Hbond substituents is 1. The maximum atomic E-state index is 9.01. The van der Waals surface area contributed by atoms with E-state index in [-0.39, 0.29) is 5.75 Å². The summed E-state index contributed by atoms with van der Waals surface area (Å²) in [5, 5.41) is 9.47. The minimum atomic E-state index is -0.699. The van der Waals surface area contributed by atoms with Crippen LogP contribution in [0.4, 0.5) is 0 Å². The van der Waals surface area contributed by atoms with Crippen molar-refractivity contribution in [2.24, 2.45) is 0 Å². The van der Waals surface area contributed by atoms with Crippen LogP contribution in [0.3, 0.4) is 0 Å². The van der Waals surface area contributed by atoms with Crippen molar-refractivity contribution in [3.63, 3.8) is 0 Å². The van der Waals surface area contributed by atoms with Gasteiger partial charge in [0.2, 0.25) is 0 Å². The molecule has 11 heavy (non-hydrogen) atoms. The lowest BCUT2D eigenvalue weighted by Crippen LogP contribution is -1.82. The Morgan fingerprint density at radius 2 is 1.91 bits per heavy atom. The molecular formula is C7H5Cl3O. The molecule has 0 saturated heterocycles. The first-order chi connectivity index (χ1) is 5.11. The van der Waals surface area contributed by atoms with Gasteiger partial charge in [-0.1, -0.05) is 11.6 Å². The highest BCUT2D eigenvalue weighted by molar-refractivity contribution is 6.45. The number of benzene rings is 1. The quantitative estimate of drug-likeness (QED) is 0.705. The molecular weight excluding hydrogens is 206 g/mol. The van der Waals surface area contributed by atoms with E-state index in [0.717, 1.165) is 0 Å². The van der Waals surface area contributed by atoms with Gasteiger partial charge in [0.05, 0.1) is 0 Å². The molecule has 0 fully saturated rings. The molecule has 0 aliphatic rings. The minimum Gasteiger partial charge on any atom is -0.508 e. The summed E-state index contributed by atoms with van der Waals surface area (Å²) in [5.41, 5.74) is 0.523. The van der Waals surface area contributed by atoms with E-state index >= 15 is 0 Å². The summed E-state index contributed by atoms with van der Waals surface area (Å²) >= 11 is 16.8. The molecule has 60 valence electrons. The van der Waals surface area contributed by atoms with E-state index in [9.17, 15) is 0 Å². The Kier molecular flexibility index (Phi) is 2.88. The van der Waals surface area contributed by atoms with Crippen molar-refractivity contribution in [3.8, 4) is 5.75 Å². The molecule has 4 heteroatoms. The molecule has 0 heterocycles. The van der Waals surface area contributed by atoms with E-state index in [0.29, 0.717) is 10.6 Å². The Bertz CT molecular complexity index is 260. The van der Waals surface area contributed by atoms with Crippen LogP contribution in [0.1, 0.15) is 10.4 Å². The Labute approximate surface area is 79.5 Å². The largest absolute Gasteiger partial charge is 0.508 e. The van der Waals surface area contributed by atoms with Crippen molar-refractivity contribution in [3.05, 3.63) is 28.8 Å². The number of hydrogen-bond acceptors (Lipinski definition) is 1. The fourth-order valence-corrected chi connectivity index (χ4v) is 1.40. The molecule has 0 bridgehead atoms. The smallest absolute Gasteiger partial charge is 0.134 e. The fraction of sp³-hybridized carbons (Fsp3) is 0.143. The van der Waals surface area contributed by atoms with Gasteiger partial charge in [-0.2, -0.15) is 0 Å². The van der Waals surface area contributed by atoms with Crippen molar-refractivity contribution in [2.75, 3.05) is 0 Å². The minimum absolute atomic E-state index is 0.107. The number of phenols is 1. The molecule has 1 N–H and O–H groups in total. The number of alkyl halides is 2. The van der Waals surface area contributed by atoms with Gasteiger partial charge in [-0.05, 0) is 18.2 Å². The fourth-order valence-electron chi connectivity index (χ4n) is 0.698. The SMILES string of the molecule is Oc1ccc(Cl)c(C(Cl)Cl)c1. The zero-order valence-electron chi connectivity index (χ0n) is 5.39. The van der Waals surface area contributed by atoms with Crippen LogP contribution in [-0.4, -0.2) is 5.11 Å². The predicted molar refractivity (Wildman–Crippen MR) is 47.6 cm³/mol. The lowest BCUT2D eigenvalue weighted by molar-refractivity contribution is 0.475. The monoisotopic (exact) mass is 210 g/mol. The highest BCUT2D eigenvalue weighted by Gasteiger charge is 2.08. The molecule has 1 nitrogen and oxygen atoms in total. The first kappa shape index (κ1) is 8.98. The Balaban J connectivity index is 3.13. The van der Waals surface area contributed by atoms with Gasteiger partial charge in [-0.15, -0.1) is 23.2 Å². The van der Waals surface area contributed by atoms with Gasteiger partial charge < -0.3 is 5.11 Å². The third-order valence-corrected chi connectivity index (χ3v) is 2.03. The zero-order chi connectivity index (χ0) is 8.43. The van der Waals surface area contributed by atoms with Crippen LogP contribution in [0.2, 0.25) is 5.02 Å². The summed E-state index contributed by atoms with van der Waals surface area (Å²) in [4.78, 5) is -0.699. The van der Waals surface area contributed by atoms with Crippen molar-refractivity contribution in [2.45, 2.75) is 4.84 Å². The highest BCUT2D eigenvalue weighted by Crippen LogP contribution is 2.32. The van der Waals surface area contributed by atoms with Crippen LogP contribution in [-0.2, 0) is 0 Å². The standard InChI is InChI=1S/C7H5Cl3O/c8-6-2-1-4(11)3-5(6)7(9)10/h1-3,7,11H. The summed E-state index contributed by atoms with van der Waals surface area (Å²) in [6.07, 6.45) is 0. The molecule has 1 aromatic carbocycles. The van der Waals surface area contributed by atoms with Crippen LogP contribution in [0.15, 0.2) is 18.2 Å². The average molecular weight is 211 g/mol. The van der Waals surface area contributed by atoms with E-state index in [2.05, 4.69) is 0 Å². The molecule has 0 unspecified atom stereocenters. The second-order valence-corrected chi connectivity index (χ2v) is 3.51. The average Bonchev–Trinajstić information content (AvgIpc) is 1.94. The maximum Gasteiger partial charge on any atom is 0.134 e. The molecule has 0 atom stereocenters. The van der Waals surface area contributed by atoms with Gasteiger partial charge in [0.25, 0.3) is 0 Å². The first-order valence-corrected chi connectivity index (χ1v) is 4.13. The summed E-state index contributed by atoms with van der Waals surface area (Å²) < 4.78 is 0. The first-order valence-electron chi connectivity index (χ1n) is 2.88. The van der Waals surface area contributed by atoms with Crippen LogP contribution < -0.4 is 0 Å². The predicted octanol–water partition coefficient (Wildman–Crippen LogP) is 3.52. The van der Waals surface area contributed by atoms with Crippen LogP contribution in [0, 0.1) is 0 Å². The number of halogens is 3. The lowest BCUT2D eigenvalue weighted by Gasteiger charge is -2.03. The van der Waals surface area contributed by atoms with Crippen molar-refractivity contribution in [1.29, 1.82) is 0 Å². The third kappa shape index (κ3) is 2.16. The molecule has 0 aliphatic carbocycles. The van der Waals surface area contributed by atoms with Crippen molar-refractivity contribution in [1.82, 2.24) is 0 Å². The third-order valence-electron chi connectivity index (χ3n) is 1.21. The Hall–Kier alpha value is -0.110. The van der Waals surface area contributed by atoms with E-state index in [1.165, 1.54) is 12.1 Å². The van der Waals surface area contributed by atoms with E-state index in [4.69, 9.17) is 39.9 Å². The van der Waals surface area contributed by atoms with E-state index in [1.807, 2.05) is 0 Å². The Morgan fingerprint density at radius 3 is 2.36 bits per heavy atom. The zero-order valence-corrected chi connectivity index (χ0v) is 7.66. The van der Waals surface area contributed by atoms with Crippen molar-refractivity contribution < 1.29 is 5.11 Å². The van der Waals surface area contributed by atoms with Gasteiger partial charge in [0.15, 0.2) is 0 Å². The van der Waals surface area contributed by atoms with Crippen LogP contribution in [0.5, 0.6) is 5.75 Å². The molecule has 0 radical (unpaired) electrons. The summed E-state index contributed by atoms with van der Waals surface area (Å²) in [7, 11) is 0. The summed E-state index contributed by atoms with van der Waals surface area (Å²) in [6.45, 7) is 0. The second kappa shape index (κ2) is 3.53. The molecule has 0 aromatic heterocycles. The highest BCUT2D eigenvalue weighted by atomic mass is 35.5. The molecule has 1 aromatic rings. The molecule has 0 spiro atoms. The summed E-state index contributed by atoms with van der Waals surface area (Å²) in [6, 6.07) is 4.46. The number of aromatic hydroxyl groups is 1. The topological polar surface area (TPSA) is 20.2 Å². The maximum absolute atomic E-state index is 9.01. The van der Waals surface area contributed by atoms with Gasteiger partial charge >= 0.3 is 0 Å². The second-order valence-electron chi connectivity index (χ2n) is 2.01. The van der Waals surface area contributed by atoms with Gasteiger partial charge in [0.1, 0.15) is 10.6 Å². The Morgan fingerprint density at radius 1 is 1.27 bits per heavy atom. The normalized spacial score (nSPS) is 10.5.